The summed E-state index contributed by atoms with van der Waals surface area (Å²) in [6, 6.07) is 9.64. The first kappa shape index (κ1) is 12.2. The van der Waals surface area contributed by atoms with Gasteiger partial charge in [0.2, 0.25) is 5.91 Å². The highest BCUT2D eigenvalue weighted by atomic mass is 16.1. The predicted octanol–water partition coefficient (Wildman–Crippen LogP) is 1.15. The highest BCUT2D eigenvalue weighted by Gasteiger charge is 2.02. The van der Waals surface area contributed by atoms with Crippen molar-refractivity contribution in [3.63, 3.8) is 0 Å². The number of rotatable bonds is 5. The van der Waals surface area contributed by atoms with Gasteiger partial charge in [0.05, 0.1) is 12.7 Å². The van der Waals surface area contributed by atoms with Crippen LogP contribution in [0, 0.1) is 0 Å². The van der Waals surface area contributed by atoms with Crippen molar-refractivity contribution in [1.29, 1.82) is 0 Å². The van der Waals surface area contributed by atoms with Crippen LogP contribution in [-0.2, 0) is 18.4 Å². The summed E-state index contributed by atoms with van der Waals surface area (Å²) in [6.07, 6.45) is 3.62. The number of nitrogens with zero attached hydrogens (tertiary/aromatic N) is 2. The van der Waals surface area contributed by atoms with Crippen molar-refractivity contribution >= 4 is 11.6 Å². The summed E-state index contributed by atoms with van der Waals surface area (Å²) in [6.45, 7) is 0.771. The number of hydrogen-bond acceptors (Lipinski definition) is 3. The van der Waals surface area contributed by atoms with Gasteiger partial charge in [-0.05, 0) is 12.1 Å². The van der Waals surface area contributed by atoms with Gasteiger partial charge in [0.25, 0.3) is 0 Å². The Hall–Kier alpha value is -2.30. The number of nitrogens with one attached hydrogen (secondary N) is 2. The first-order chi connectivity index (χ1) is 8.74. The molecular formula is C13H16N4O. The van der Waals surface area contributed by atoms with Crippen molar-refractivity contribution in [2.45, 2.75) is 6.54 Å². The van der Waals surface area contributed by atoms with Crippen molar-refractivity contribution in [3.05, 3.63) is 48.3 Å². The van der Waals surface area contributed by atoms with E-state index in [4.69, 9.17) is 0 Å². The third kappa shape index (κ3) is 3.62. The molecule has 1 heterocycles. The third-order valence-corrected chi connectivity index (χ3v) is 2.47. The summed E-state index contributed by atoms with van der Waals surface area (Å²) in [5, 5.41) is 9.92. The SMILES string of the molecule is Cn1cc(CNC(=O)CNc2ccccc2)cn1. The van der Waals surface area contributed by atoms with Crippen LogP contribution in [-0.4, -0.2) is 22.2 Å². The highest BCUT2D eigenvalue weighted by molar-refractivity contribution is 5.80. The zero-order chi connectivity index (χ0) is 12.8. The van der Waals surface area contributed by atoms with Crippen molar-refractivity contribution < 1.29 is 4.79 Å². The first-order valence-electron chi connectivity index (χ1n) is 5.77. The molecule has 5 nitrogen and oxygen atoms in total. The third-order valence-electron chi connectivity index (χ3n) is 2.47. The van der Waals surface area contributed by atoms with E-state index >= 15 is 0 Å². The number of amides is 1. The van der Waals surface area contributed by atoms with Crippen molar-refractivity contribution in [2.75, 3.05) is 11.9 Å². The van der Waals surface area contributed by atoms with Crippen molar-refractivity contribution in [1.82, 2.24) is 15.1 Å². The van der Waals surface area contributed by atoms with E-state index in [2.05, 4.69) is 15.7 Å². The van der Waals surface area contributed by atoms with Gasteiger partial charge in [-0.2, -0.15) is 5.10 Å². The summed E-state index contributed by atoms with van der Waals surface area (Å²) >= 11 is 0. The summed E-state index contributed by atoms with van der Waals surface area (Å²) in [4.78, 5) is 11.6. The number of hydrogen-bond donors (Lipinski definition) is 2. The Bertz CT molecular complexity index is 507. The number of para-hydroxylation sites is 1. The Labute approximate surface area is 106 Å². The van der Waals surface area contributed by atoms with E-state index in [0.717, 1.165) is 11.3 Å². The second-order valence-electron chi connectivity index (χ2n) is 4.02. The van der Waals surface area contributed by atoms with Gasteiger partial charge in [0.15, 0.2) is 0 Å². The molecule has 0 radical (unpaired) electrons. The van der Waals surface area contributed by atoms with Crippen LogP contribution in [0.3, 0.4) is 0 Å². The summed E-state index contributed by atoms with van der Waals surface area (Å²) < 4.78 is 1.71. The molecule has 1 aromatic heterocycles. The number of benzene rings is 1. The van der Waals surface area contributed by atoms with Crippen LogP contribution in [0.4, 0.5) is 5.69 Å². The van der Waals surface area contributed by atoms with Gasteiger partial charge in [0, 0.05) is 31.0 Å². The van der Waals surface area contributed by atoms with E-state index in [-0.39, 0.29) is 12.5 Å². The van der Waals surface area contributed by atoms with Gasteiger partial charge in [0.1, 0.15) is 0 Å². The molecule has 2 N–H and O–H groups in total. The van der Waals surface area contributed by atoms with Gasteiger partial charge in [-0.15, -0.1) is 0 Å². The largest absolute Gasteiger partial charge is 0.376 e. The molecule has 0 atom stereocenters. The minimum Gasteiger partial charge on any atom is -0.376 e. The van der Waals surface area contributed by atoms with Crippen molar-refractivity contribution in [2.24, 2.45) is 7.05 Å². The van der Waals surface area contributed by atoms with Crippen molar-refractivity contribution in [3.8, 4) is 0 Å². The molecule has 0 aliphatic carbocycles. The smallest absolute Gasteiger partial charge is 0.239 e. The van der Waals surface area contributed by atoms with Gasteiger partial charge in [-0.3, -0.25) is 9.48 Å². The molecule has 0 fully saturated rings. The zero-order valence-electron chi connectivity index (χ0n) is 10.3. The molecule has 0 saturated carbocycles. The van der Waals surface area contributed by atoms with Gasteiger partial charge < -0.3 is 10.6 Å². The normalized spacial score (nSPS) is 10.1. The van der Waals surface area contributed by atoms with Crippen LogP contribution in [0.1, 0.15) is 5.56 Å². The van der Waals surface area contributed by atoms with Crippen LogP contribution in [0.25, 0.3) is 0 Å². The zero-order valence-corrected chi connectivity index (χ0v) is 10.3. The van der Waals surface area contributed by atoms with E-state index in [0.29, 0.717) is 6.54 Å². The molecule has 1 amide bonds. The monoisotopic (exact) mass is 244 g/mol. The molecule has 0 spiro atoms. The maximum absolute atomic E-state index is 11.6. The predicted molar refractivity (Wildman–Crippen MR) is 70.0 cm³/mol. The van der Waals surface area contributed by atoms with Crippen LogP contribution in [0.5, 0.6) is 0 Å². The van der Waals surface area contributed by atoms with Gasteiger partial charge >= 0.3 is 0 Å². The molecule has 2 rings (SSSR count). The van der Waals surface area contributed by atoms with Crippen LogP contribution < -0.4 is 10.6 Å². The minimum absolute atomic E-state index is 0.0392. The molecule has 0 bridgehead atoms. The number of aryl methyl sites for hydroxylation is 1. The van der Waals surface area contributed by atoms with Gasteiger partial charge in [-0.25, -0.2) is 0 Å². The quantitative estimate of drug-likeness (QED) is 0.829. The molecule has 0 aliphatic heterocycles. The summed E-state index contributed by atoms with van der Waals surface area (Å²) in [7, 11) is 1.85. The molecule has 0 unspecified atom stereocenters. The highest BCUT2D eigenvalue weighted by Crippen LogP contribution is 2.03. The first-order valence-corrected chi connectivity index (χ1v) is 5.77. The average Bonchev–Trinajstić information content (AvgIpc) is 2.81. The Balaban J connectivity index is 1.73. The fourth-order valence-electron chi connectivity index (χ4n) is 1.56. The lowest BCUT2D eigenvalue weighted by molar-refractivity contribution is -0.119. The van der Waals surface area contributed by atoms with E-state index in [1.54, 1.807) is 10.9 Å². The minimum atomic E-state index is -0.0392. The van der Waals surface area contributed by atoms with Crippen LogP contribution in [0.15, 0.2) is 42.7 Å². The lowest BCUT2D eigenvalue weighted by Crippen LogP contribution is -2.29. The van der Waals surface area contributed by atoms with Crippen LogP contribution in [0.2, 0.25) is 0 Å². The fourth-order valence-corrected chi connectivity index (χ4v) is 1.56. The Morgan fingerprint density at radius 1 is 1.33 bits per heavy atom. The van der Waals surface area contributed by atoms with Gasteiger partial charge in [-0.1, -0.05) is 18.2 Å². The lowest BCUT2D eigenvalue weighted by Gasteiger charge is -2.06. The molecular weight excluding hydrogens is 228 g/mol. The maximum Gasteiger partial charge on any atom is 0.239 e. The fraction of sp³-hybridized carbons (Fsp3) is 0.231. The van der Waals surface area contributed by atoms with E-state index in [1.165, 1.54) is 0 Å². The topological polar surface area (TPSA) is 59.0 Å². The molecule has 94 valence electrons. The molecule has 0 saturated heterocycles. The molecule has 0 aliphatic rings. The Morgan fingerprint density at radius 3 is 2.78 bits per heavy atom. The van der Waals surface area contributed by atoms with Crippen LogP contribution >= 0.6 is 0 Å². The molecule has 2 aromatic rings. The van der Waals surface area contributed by atoms with E-state index < -0.39 is 0 Å². The molecule has 5 heteroatoms. The second-order valence-corrected chi connectivity index (χ2v) is 4.02. The summed E-state index contributed by atoms with van der Waals surface area (Å²) in [5.41, 5.74) is 1.93. The standard InChI is InChI=1S/C13H16N4O/c1-17-10-11(8-16-17)7-15-13(18)9-14-12-5-3-2-4-6-12/h2-6,8,10,14H,7,9H2,1H3,(H,15,18). The number of aromatic nitrogens is 2. The Morgan fingerprint density at radius 2 is 2.11 bits per heavy atom. The number of carbonyl (C=O) groups is 1. The molecule has 18 heavy (non-hydrogen) atoms. The molecule has 1 aromatic carbocycles. The lowest BCUT2D eigenvalue weighted by atomic mass is 10.3. The Kier molecular flexibility index (Phi) is 3.96. The number of anilines is 1. The second kappa shape index (κ2) is 5.86. The van der Waals surface area contributed by atoms with E-state index in [1.807, 2.05) is 43.6 Å². The average molecular weight is 244 g/mol. The van der Waals surface area contributed by atoms with E-state index in [9.17, 15) is 4.79 Å². The maximum atomic E-state index is 11.6. The summed E-state index contributed by atoms with van der Waals surface area (Å²) in [5.74, 6) is -0.0392. The number of carbonyl (C=O) groups excluding carboxylic acids is 1.